The molecule has 1 aliphatic carbocycles. The number of hydrogen-bond donors (Lipinski definition) is 0. The average Bonchev–Trinajstić information content (AvgIpc) is 2.53. The number of rotatable bonds is 5. The SMILES string of the molecule is C=C1CCCc2ccc(OCCCN3CCCCC3)cc21. The van der Waals surface area contributed by atoms with E-state index < -0.39 is 0 Å². The predicted molar refractivity (Wildman–Crippen MR) is 88.8 cm³/mol. The molecule has 2 aliphatic rings. The summed E-state index contributed by atoms with van der Waals surface area (Å²) < 4.78 is 5.94. The van der Waals surface area contributed by atoms with Gasteiger partial charge >= 0.3 is 0 Å². The summed E-state index contributed by atoms with van der Waals surface area (Å²) in [7, 11) is 0. The molecule has 1 fully saturated rings. The van der Waals surface area contributed by atoms with Crippen molar-refractivity contribution < 1.29 is 4.74 Å². The van der Waals surface area contributed by atoms with Gasteiger partial charge in [0.15, 0.2) is 0 Å². The number of aryl methyl sites for hydroxylation is 1. The van der Waals surface area contributed by atoms with Gasteiger partial charge in [0, 0.05) is 6.54 Å². The highest BCUT2D eigenvalue weighted by Gasteiger charge is 2.13. The van der Waals surface area contributed by atoms with E-state index in [0.717, 1.165) is 25.2 Å². The summed E-state index contributed by atoms with van der Waals surface area (Å²) in [5.41, 5.74) is 4.04. The number of fused-ring (bicyclic) bond motifs is 1. The van der Waals surface area contributed by atoms with E-state index in [-0.39, 0.29) is 0 Å². The zero-order chi connectivity index (χ0) is 14.5. The second kappa shape index (κ2) is 7.13. The van der Waals surface area contributed by atoms with Crippen molar-refractivity contribution in [3.8, 4) is 5.75 Å². The van der Waals surface area contributed by atoms with Crippen LogP contribution in [0.5, 0.6) is 5.75 Å². The minimum atomic E-state index is 0.821. The molecule has 114 valence electrons. The summed E-state index contributed by atoms with van der Waals surface area (Å²) in [5.74, 6) is 1.01. The highest BCUT2D eigenvalue weighted by Crippen LogP contribution is 2.32. The molecule has 0 atom stereocenters. The molecule has 1 aromatic rings. The van der Waals surface area contributed by atoms with E-state index in [1.54, 1.807) is 0 Å². The molecular formula is C19H27NO. The Morgan fingerprint density at radius 1 is 1.05 bits per heavy atom. The molecule has 0 radical (unpaired) electrons. The van der Waals surface area contributed by atoms with Crippen LogP contribution in [0, 0.1) is 0 Å². The Kier molecular flexibility index (Phi) is 4.97. The third-order valence-electron chi connectivity index (χ3n) is 4.72. The number of allylic oxidation sites excluding steroid dienone is 1. The van der Waals surface area contributed by atoms with Crippen molar-refractivity contribution in [3.05, 3.63) is 35.9 Å². The second-order valence-corrected chi connectivity index (χ2v) is 6.38. The van der Waals surface area contributed by atoms with E-state index in [0.29, 0.717) is 0 Å². The maximum absolute atomic E-state index is 5.94. The third-order valence-corrected chi connectivity index (χ3v) is 4.72. The fourth-order valence-electron chi connectivity index (χ4n) is 3.48. The van der Waals surface area contributed by atoms with Gasteiger partial charge in [0.1, 0.15) is 5.75 Å². The van der Waals surface area contributed by atoms with Crippen LogP contribution in [0.4, 0.5) is 0 Å². The van der Waals surface area contributed by atoms with E-state index >= 15 is 0 Å². The summed E-state index contributed by atoms with van der Waals surface area (Å²) >= 11 is 0. The summed E-state index contributed by atoms with van der Waals surface area (Å²) in [6.45, 7) is 8.74. The largest absolute Gasteiger partial charge is 0.494 e. The Labute approximate surface area is 128 Å². The number of likely N-dealkylation sites (tertiary alicyclic amines) is 1. The van der Waals surface area contributed by atoms with Gasteiger partial charge in [-0.1, -0.05) is 19.1 Å². The molecule has 2 nitrogen and oxygen atoms in total. The van der Waals surface area contributed by atoms with Crippen molar-refractivity contribution in [1.29, 1.82) is 0 Å². The Balaban J connectivity index is 1.47. The lowest BCUT2D eigenvalue weighted by molar-refractivity contribution is 0.205. The highest BCUT2D eigenvalue weighted by atomic mass is 16.5. The van der Waals surface area contributed by atoms with Gasteiger partial charge in [0.2, 0.25) is 0 Å². The van der Waals surface area contributed by atoms with Crippen LogP contribution >= 0.6 is 0 Å². The van der Waals surface area contributed by atoms with Gasteiger partial charge in [0.05, 0.1) is 6.61 Å². The van der Waals surface area contributed by atoms with Crippen LogP contribution in [0.3, 0.4) is 0 Å². The molecule has 0 bridgehead atoms. The lowest BCUT2D eigenvalue weighted by atomic mass is 9.88. The molecule has 21 heavy (non-hydrogen) atoms. The summed E-state index contributed by atoms with van der Waals surface area (Å²) in [6.07, 6.45) is 8.82. The molecular weight excluding hydrogens is 258 g/mol. The minimum absolute atomic E-state index is 0.821. The first-order valence-corrected chi connectivity index (χ1v) is 8.49. The molecule has 0 unspecified atom stereocenters. The van der Waals surface area contributed by atoms with E-state index in [1.165, 1.54) is 68.4 Å². The lowest BCUT2D eigenvalue weighted by Gasteiger charge is -2.26. The summed E-state index contributed by atoms with van der Waals surface area (Å²) in [5, 5.41) is 0. The standard InChI is InChI=1S/C19H27NO/c1-16-7-5-8-17-9-10-18(15-19(16)17)21-14-6-13-20-11-3-2-4-12-20/h9-10,15H,1-8,11-14H2. The van der Waals surface area contributed by atoms with E-state index in [4.69, 9.17) is 4.74 Å². The number of nitrogens with zero attached hydrogens (tertiary/aromatic N) is 1. The van der Waals surface area contributed by atoms with Gasteiger partial charge in [-0.05, 0) is 80.4 Å². The van der Waals surface area contributed by atoms with Crippen molar-refractivity contribution in [2.75, 3.05) is 26.2 Å². The van der Waals surface area contributed by atoms with Crippen LogP contribution in [-0.2, 0) is 6.42 Å². The normalized spacial score (nSPS) is 19.3. The first-order valence-electron chi connectivity index (χ1n) is 8.49. The number of piperidine rings is 1. The van der Waals surface area contributed by atoms with Gasteiger partial charge < -0.3 is 9.64 Å². The van der Waals surface area contributed by atoms with Crippen LogP contribution in [0.1, 0.15) is 49.7 Å². The fraction of sp³-hybridized carbons (Fsp3) is 0.579. The van der Waals surface area contributed by atoms with Crippen LogP contribution in [0.25, 0.3) is 5.57 Å². The van der Waals surface area contributed by atoms with E-state index in [9.17, 15) is 0 Å². The zero-order valence-corrected chi connectivity index (χ0v) is 13.1. The first kappa shape index (κ1) is 14.6. The van der Waals surface area contributed by atoms with E-state index in [2.05, 4.69) is 29.7 Å². The van der Waals surface area contributed by atoms with Gasteiger partial charge in [0.25, 0.3) is 0 Å². The molecule has 0 aromatic heterocycles. The van der Waals surface area contributed by atoms with Gasteiger partial charge in [-0.2, -0.15) is 0 Å². The molecule has 1 aliphatic heterocycles. The fourth-order valence-corrected chi connectivity index (χ4v) is 3.48. The third kappa shape index (κ3) is 3.88. The van der Waals surface area contributed by atoms with Crippen LogP contribution in [0.15, 0.2) is 24.8 Å². The predicted octanol–water partition coefficient (Wildman–Crippen LogP) is 4.29. The second-order valence-electron chi connectivity index (χ2n) is 6.38. The quantitative estimate of drug-likeness (QED) is 0.748. The molecule has 0 amide bonds. The molecule has 1 aromatic carbocycles. The van der Waals surface area contributed by atoms with Crippen molar-refractivity contribution in [2.45, 2.75) is 44.9 Å². The van der Waals surface area contributed by atoms with Crippen LogP contribution in [-0.4, -0.2) is 31.1 Å². The topological polar surface area (TPSA) is 12.5 Å². The maximum atomic E-state index is 5.94. The van der Waals surface area contributed by atoms with Crippen molar-refractivity contribution >= 4 is 5.57 Å². The first-order chi connectivity index (χ1) is 10.3. The van der Waals surface area contributed by atoms with E-state index in [1.807, 2.05) is 0 Å². The molecule has 3 rings (SSSR count). The molecule has 1 heterocycles. The van der Waals surface area contributed by atoms with Crippen LogP contribution in [0.2, 0.25) is 0 Å². The Hall–Kier alpha value is -1.28. The summed E-state index contributed by atoms with van der Waals surface area (Å²) in [4.78, 5) is 2.57. The Bertz CT molecular complexity index is 488. The van der Waals surface area contributed by atoms with Crippen molar-refractivity contribution in [2.24, 2.45) is 0 Å². The lowest BCUT2D eigenvalue weighted by Crippen LogP contribution is -2.31. The monoisotopic (exact) mass is 285 g/mol. The van der Waals surface area contributed by atoms with Crippen molar-refractivity contribution in [3.63, 3.8) is 0 Å². The maximum Gasteiger partial charge on any atom is 0.119 e. The van der Waals surface area contributed by atoms with Gasteiger partial charge in [-0.3, -0.25) is 0 Å². The smallest absolute Gasteiger partial charge is 0.119 e. The zero-order valence-electron chi connectivity index (χ0n) is 13.1. The minimum Gasteiger partial charge on any atom is -0.494 e. The number of benzene rings is 1. The van der Waals surface area contributed by atoms with Crippen molar-refractivity contribution in [1.82, 2.24) is 4.90 Å². The molecule has 0 saturated carbocycles. The molecule has 1 saturated heterocycles. The summed E-state index contributed by atoms with van der Waals surface area (Å²) in [6, 6.07) is 6.54. The average molecular weight is 285 g/mol. The Morgan fingerprint density at radius 3 is 2.76 bits per heavy atom. The Morgan fingerprint density at radius 2 is 1.90 bits per heavy atom. The van der Waals surface area contributed by atoms with Gasteiger partial charge in [-0.15, -0.1) is 0 Å². The molecule has 0 N–H and O–H groups in total. The van der Waals surface area contributed by atoms with Crippen LogP contribution < -0.4 is 4.74 Å². The molecule has 2 heteroatoms. The van der Waals surface area contributed by atoms with Gasteiger partial charge in [-0.25, -0.2) is 0 Å². The molecule has 0 spiro atoms. The number of ether oxygens (including phenoxy) is 1. The number of hydrogen-bond acceptors (Lipinski definition) is 2. The highest BCUT2D eigenvalue weighted by molar-refractivity contribution is 5.69.